The van der Waals surface area contributed by atoms with Gasteiger partial charge in [0, 0.05) is 12.1 Å². The number of hydrogen-bond acceptors (Lipinski definition) is 3. The molecule has 0 atom stereocenters. The largest absolute Gasteiger partial charge is 0.461 e. The molecule has 3 nitrogen and oxygen atoms in total. The van der Waals surface area contributed by atoms with Crippen LogP contribution in [0.5, 0.6) is 11.5 Å². The van der Waals surface area contributed by atoms with Gasteiger partial charge in [-0.05, 0) is 31.2 Å². The molecule has 1 heterocycles. The molecule has 3 rings (SSSR count). The van der Waals surface area contributed by atoms with Crippen molar-refractivity contribution in [2.45, 2.75) is 6.92 Å². The van der Waals surface area contributed by atoms with Crippen LogP contribution in [-0.4, -0.2) is 0 Å². The average Bonchev–Trinajstić information content (AvgIpc) is 2.39. The molecule has 0 saturated carbocycles. The molecule has 2 aromatic carbocycles. The van der Waals surface area contributed by atoms with Crippen molar-refractivity contribution in [1.29, 1.82) is 0 Å². The van der Waals surface area contributed by atoms with E-state index in [1.54, 1.807) is 25.1 Å². The normalized spacial score (nSPS) is 10.6. The summed E-state index contributed by atoms with van der Waals surface area (Å²) in [6.45, 7) is 1.76. The zero-order valence-electron chi connectivity index (χ0n) is 10.4. The summed E-state index contributed by atoms with van der Waals surface area (Å²) < 4.78 is 11.2. The molecule has 0 aliphatic heterocycles. The van der Waals surface area contributed by atoms with Crippen molar-refractivity contribution in [3.05, 3.63) is 70.6 Å². The maximum Gasteiger partial charge on any atom is 0.192 e. The second-order valence-electron chi connectivity index (χ2n) is 4.29. The maximum atomic E-state index is 11.8. The Bertz CT molecular complexity index is 773. The van der Waals surface area contributed by atoms with E-state index in [1.165, 1.54) is 6.07 Å². The van der Waals surface area contributed by atoms with Crippen LogP contribution in [0.2, 0.25) is 0 Å². The molecule has 19 heavy (non-hydrogen) atoms. The second-order valence-corrected chi connectivity index (χ2v) is 4.29. The van der Waals surface area contributed by atoms with E-state index in [1.807, 2.05) is 30.3 Å². The van der Waals surface area contributed by atoms with Crippen LogP contribution in [0.3, 0.4) is 0 Å². The highest BCUT2D eigenvalue weighted by Gasteiger charge is 2.04. The van der Waals surface area contributed by atoms with Crippen molar-refractivity contribution in [2.75, 3.05) is 0 Å². The number of fused-ring (bicyclic) bond motifs is 1. The van der Waals surface area contributed by atoms with Gasteiger partial charge in [-0.3, -0.25) is 4.79 Å². The summed E-state index contributed by atoms with van der Waals surface area (Å²) in [4.78, 5) is 11.8. The first kappa shape index (κ1) is 11.5. The van der Waals surface area contributed by atoms with Crippen LogP contribution in [0.1, 0.15) is 5.76 Å². The fourth-order valence-electron chi connectivity index (χ4n) is 1.94. The summed E-state index contributed by atoms with van der Waals surface area (Å²) in [6, 6.07) is 16.2. The number of para-hydroxylation sites is 1. The Kier molecular flexibility index (Phi) is 2.80. The first-order chi connectivity index (χ1) is 9.22. The monoisotopic (exact) mass is 252 g/mol. The highest BCUT2D eigenvalue weighted by Crippen LogP contribution is 2.24. The van der Waals surface area contributed by atoms with Gasteiger partial charge in [0.1, 0.15) is 22.8 Å². The smallest absolute Gasteiger partial charge is 0.192 e. The topological polar surface area (TPSA) is 39.4 Å². The minimum absolute atomic E-state index is 0.0370. The van der Waals surface area contributed by atoms with E-state index >= 15 is 0 Å². The van der Waals surface area contributed by atoms with Gasteiger partial charge in [-0.2, -0.15) is 0 Å². The SMILES string of the molecule is Cc1cc(=O)c2ccc(Oc3ccccc3)cc2o1. The molecule has 0 aliphatic rings. The van der Waals surface area contributed by atoms with Gasteiger partial charge in [0.15, 0.2) is 5.43 Å². The average molecular weight is 252 g/mol. The fourth-order valence-corrected chi connectivity index (χ4v) is 1.94. The predicted molar refractivity (Wildman–Crippen MR) is 73.7 cm³/mol. The minimum atomic E-state index is -0.0370. The third-order valence-corrected chi connectivity index (χ3v) is 2.80. The van der Waals surface area contributed by atoms with Gasteiger partial charge < -0.3 is 9.15 Å². The van der Waals surface area contributed by atoms with Gasteiger partial charge in [0.25, 0.3) is 0 Å². The van der Waals surface area contributed by atoms with Gasteiger partial charge in [0.2, 0.25) is 0 Å². The zero-order valence-corrected chi connectivity index (χ0v) is 10.4. The van der Waals surface area contributed by atoms with E-state index in [0.717, 1.165) is 5.75 Å². The molecule has 94 valence electrons. The summed E-state index contributed by atoms with van der Waals surface area (Å²) in [7, 11) is 0. The summed E-state index contributed by atoms with van der Waals surface area (Å²) in [5.41, 5.74) is 0.503. The Morgan fingerprint density at radius 3 is 2.53 bits per heavy atom. The minimum Gasteiger partial charge on any atom is -0.461 e. The molecule has 0 fully saturated rings. The maximum absolute atomic E-state index is 11.8. The molecule has 3 heteroatoms. The molecule has 0 N–H and O–H groups in total. The summed E-state index contributed by atoms with van der Waals surface area (Å²) >= 11 is 0. The molecular formula is C16H12O3. The molecule has 0 spiro atoms. The molecule has 1 aromatic heterocycles. The molecule has 0 amide bonds. The second kappa shape index (κ2) is 4.61. The van der Waals surface area contributed by atoms with Crippen molar-refractivity contribution in [3.8, 4) is 11.5 Å². The van der Waals surface area contributed by atoms with E-state index in [2.05, 4.69) is 0 Å². The lowest BCUT2D eigenvalue weighted by Gasteiger charge is -2.06. The highest BCUT2D eigenvalue weighted by atomic mass is 16.5. The summed E-state index contributed by atoms with van der Waals surface area (Å²) in [5, 5.41) is 0.561. The van der Waals surface area contributed by atoms with Crippen LogP contribution >= 0.6 is 0 Å². The van der Waals surface area contributed by atoms with Crippen LogP contribution in [-0.2, 0) is 0 Å². The van der Waals surface area contributed by atoms with Crippen LogP contribution in [0.25, 0.3) is 11.0 Å². The lowest BCUT2D eigenvalue weighted by atomic mass is 10.2. The molecule has 0 radical (unpaired) electrons. The molecule has 0 bridgehead atoms. The quantitative estimate of drug-likeness (QED) is 0.694. The lowest BCUT2D eigenvalue weighted by Crippen LogP contribution is -2.00. The number of rotatable bonds is 2. The van der Waals surface area contributed by atoms with Gasteiger partial charge in [-0.25, -0.2) is 0 Å². The van der Waals surface area contributed by atoms with Crippen molar-refractivity contribution in [2.24, 2.45) is 0 Å². The van der Waals surface area contributed by atoms with Crippen LogP contribution < -0.4 is 10.2 Å². The standard InChI is InChI=1S/C16H12O3/c1-11-9-15(17)14-8-7-13(10-16(14)18-11)19-12-5-3-2-4-6-12/h2-10H,1H3. The van der Waals surface area contributed by atoms with Gasteiger partial charge >= 0.3 is 0 Å². The van der Waals surface area contributed by atoms with Crippen LogP contribution in [0.15, 0.2) is 63.8 Å². The molecule has 0 unspecified atom stereocenters. The molecule has 0 aliphatic carbocycles. The predicted octanol–water partition coefficient (Wildman–Crippen LogP) is 3.89. The Balaban J connectivity index is 2.05. The van der Waals surface area contributed by atoms with Crippen LogP contribution in [0, 0.1) is 6.92 Å². The van der Waals surface area contributed by atoms with Crippen LogP contribution in [0.4, 0.5) is 0 Å². The van der Waals surface area contributed by atoms with E-state index in [9.17, 15) is 4.79 Å². The highest BCUT2D eigenvalue weighted by molar-refractivity contribution is 5.78. The summed E-state index contributed by atoms with van der Waals surface area (Å²) in [6.07, 6.45) is 0. The van der Waals surface area contributed by atoms with E-state index in [-0.39, 0.29) is 5.43 Å². The van der Waals surface area contributed by atoms with Gasteiger partial charge in [-0.1, -0.05) is 18.2 Å². The first-order valence-corrected chi connectivity index (χ1v) is 6.00. The Morgan fingerprint density at radius 1 is 0.947 bits per heavy atom. The Labute approximate surface area is 110 Å². The lowest BCUT2D eigenvalue weighted by molar-refractivity contribution is 0.480. The van der Waals surface area contributed by atoms with E-state index in [4.69, 9.17) is 9.15 Å². The number of aryl methyl sites for hydroxylation is 1. The first-order valence-electron chi connectivity index (χ1n) is 6.00. The number of benzene rings is 2. The molecule has 3 aromatic rings. The van der Waals surface area contributed by atoms with Crippen molar-refractivity contribution in [3.63, 3.8) is 0 Å². The Hall–Kier alpha value is -2.55. The Morgan fingerprint density at radius 2 is 1.74 bits per heavy atom. The van der Waals surface area contributed by atoms with Crippen molar-refractivity contribution in [1.82, 2.24) is 0 Å². The summed E-state index contributed by atoms with van der Waals surface area (Å²) in [5.74, 6) is 1.98. The molecule has 0 saturated heterocycles. The van der Waals surface area contributed by atoms with Crippen molar-refractivity contribution < 1.29 is 9.15 Å². The van der Waals surface area contributed by atoms with Gasteiger partial charge in [0.05, 0.1) is 5.39 Å². The zero-order chi connectivity index (χ0) is 13.2. The van der Waals surface area contributed by atoms with E-state index in [0.29, 0.717) is 22.5 Å². The van der Waals surface area contributed by atoms with Gasteiger partial charge in [-0.15, -0.1) is 0 Å². The number of hydrogen-bond donors (Lipinski definition) is 0. The third-order valence-electron chi connectivity index (χ3n) is 2.80. The van der Waals surface area contributed by atoms with E-state index < -0.39 is 0 Å². The molecular weight excluding hydrogens is 240 g/mol. The third kappa shape index (κ3) is 2.36. The number of ether oxygens (including phenoxy) is 1. The fraction of sp³-hybridized carbons (Fsp3) is 0.0625. The van der Waals surface area contributed by atoms with Crippen molar-refractivity contribution >= 4 is 11.0 Å².